The van der Waals surface area contributed by atoms with E-state index in [0.717, 1.165) is 16.7 Å². The summed E-state index contributed by atoms with van der Waals surface area (Å²) in [6.45, 7) is 4.20. The van der Waals surface area contributed by atoms with Gasteiger partial charge in [0.15, 0.2) is 0 Å². The summed E-state index contributed by atoms with van der Waals surface area (Å²) in [5, 5.41) is 10.2. The Hall–Kier alpha value is -1.97. The number of carbonyl (C=O) groups is 1. The highest BCUT2D eigenvalue weighted by Gasteiger charge is 2.26. The molecular weight excluding hydrogens is 242 g/mol. The Morgan fingerprint density at radius 1 is 1.37 bits per heavy atom. The van der Waals surface area contributed by atoms with Gasteiger partial charge in [0.05, 0.1) is 12.5 Å². The lowest BCUT2D eigenvalue weighted by Gasteiger charge is -2.19. The van der Waals surface area contributed by atoms with Crippen LogP contribution >= 0.6 is 0 Å². The molecule has 4 nitrogen and oxygen atoms in total. The maximum atomic E-state index is 11.1. The fourth-order valence-corrected chi connectivity index (χ4v) is 2.01. The molecule has 0 unspecified atom stereocenters. The van der Waals surface area contributed by atoms with Crippen molar-refractivity contribution >= 4 is 16.9 Å². The third kappa shape index (κ3) is 2.72. The number of hydrogen-bond donors (Lipinski definition) is 1. The Balaban J connectivity index is 2.20. The number of aliphatic carboxylic acids is 1. The number of rotatable bonds is 5. The molecule has 2 aromatic rings. The lowest BCUT2D eigenvalue weighted by atomic mass is 9.89. The normalized spacial score (nSPS) is 11.7. The fourth-order valence-electron chi connectivity index (χ4n) is 2.01. The van der Waals surface area contributed by atoms with Gasteiger partial charge < -0.3 is 14.4 Å². The first-order valence-corrected chi connectivity index (χ1v) is 6.30. The Bertz CT molecular complexity index is 598. The van der Waals surface area contributed by atoms with Crippen molar-refractivity contribution in [2.75, 3.05) is 7.11 Å². The molecule has 2 rings (SSSR count). The molecular formula is C15H19NO3. The lowest BCUT2D eigenvalue weighted by Crippen LogP contribution is -2.25. The Morgan fingerprint density at radius 2 is 2.11 bits per heavy atom. The second-order valence-electron chi connectivity index (χ2n) is 5.37. The molecule has 0 saturated carbocycles. The van der Waals surface area contributed by atoms with Crippen molar-refractivity contribution in [3.63, 3.8) is 0 Å². The van der Waals surface area contributed by atoms with Crippen molar-refractivity contribution in [3.8, 4) is 5.75 Å². The highest BCUT2D eigenvalue weighted by Crippen LogP contribution is 2.25. The van der Waals surface area contributed by atoms with E-state index in [0.29, 0.717) is 13.0 Å². The van der Waals surface area contributed by atoms with E-state index in [1.54, 1.807) is 21.0 Å². The highest BCUT2D eigenvalue weighted by molar-refractivity contribution is 5.81. The van der Waals surface area contributed by atoms with Gasteiger partial charge in [-0.2, -0.15) is 0 Å². The van der Waals surface area contributed by atoms with Gasteiger partial charge in [0.25, 0.3) is 0 Å². The summed E-state index contributed by atoms with van der Waals surface area (Å²) in [6.07, 6.45) is 2.58. The Morgan fingerprint density at radius 3 is 2.74 bits per heavy atom. The molecule has 0 aliphatic carbocycles. The van der Waals surface area contributed by atoms with E-state index in [4.69, 9.17) is 9.84 Å². The molecule has 0 bridgehead atoms. The SMILES string of the molecule is COc1ccc2c(ccn2CCC(C)(C)C(=O)O)c1. The molecule has 0 spiro atoms. The van der Waals surface area contributed by atoms with Crippen LogP contribution in [0.4, 0.5) is 0 Å². The molecule has 1 N–H and O–H groups in total. The summed E-state index contributed by atoms with van der Waals surface area (Å²) in [6, 6.07) is 7.92. The fraction of sp³-hybridized carbons (Fsp3) is 0.400. The van der Waals surface area contributed by atoms with E-state index in [-0.39, 0.29) is 0 Å². The molecule has 0 aliphatic heterocycles. The van der Waals surface area contributed by atoms with Gasteiger partial charge >= 0.3 is 5.97 Å². The van der Waals surface area contributed by atoms with E-state index in [9.17, 15) is 4.79 Å². The number of fused-ring (bicyclic) bond motifs is 1. The van der Waals surface area contributed by atoms with Crippen LogP contribution in [0.25, 0.3) is 10.9 Å². The van der Waals surface area contributed by atoms with Crippen LogP contribution in [0.1, 0.15) is 20.3 Å². The maximum Gasteiger partial charge on any atom is 0.309 e. The van der Waals surface area contributed by atoms with Gasteiger partial charge in [0.2, 0.25) is 0 Å². The van der Waals surface area contributed by atoms with Crippen molar-refractivity contribution in [3.05, 3.63) is 30.5 Å². The predicted octanol–water partition coefficient (Wildman–Crippen LogP) is 3.15. The Labute approximate surface area is 112 Å². The zero-order valence-corrected chi connectivity index (χ0v) is 11.5. The molecule has 0 radical (unpaired) electrons. The minimum absolute atomic E-state index is 0.595. The van der Waals surface area contributed by atoms with E-state index < -0.39 is 11.4 Å². The Kier molecular flexibility index (Phi) is 3.51. The van der Waals surface area contributed by atoms with Crippen molar-refractivity contribution in [1.29, 1.82) is 0 Å². The number of hydrogen-bond acceptors (Lipinski definition) is 2. The van der Waals surface area contributed by atoms with Crippen LogP contribution in [-0.2, 0) is 11.3 Å². The molecule has 1 heterocycles. The number of nitrogens with zero attached hydrogens (tertiary/aromatic N) is 1. The number of aromatic nitrogens is 1. The van der Waals surface area contributed by atoms with Gasteiger partial charge in [-0.05, 0) is 44.5 Å². The second-order valence-corrected chi connectivity index (χ2v) is 5.37. The summed E-state index contributed by atoms with van der Waals surface area (Å²) in [7, 11) is 1.65. The summed E-state index contributed by atoms with van der Waals surface area (Å²) in [5.74, 6) is 0.0711. The summed E-state index contributed by atoms with van der Waals surface area (Å²) >= 11 is 0. The average Bonchev–Trinajstić information content (AvgIpc) is 2.78. The van der Waals surface area contributed by atoms with Crippen LogP contribution in [0.3, 0.4) is 0 Å². The quantitative estimate of drug-likeness (QED) is 0.899. The summed E-state index contributed by atoms with van der Waals surface area (Å²) < 4.78 is 7.27. The molecule has 4 heteroatoms. The van der Waals surface area contributed by atoms with Gasteiger partial charge in [-0.15, -0.1) is 0 Å². The monoisotopic (exact) mass is 261 g/mol. The van der Waals surface area contributed by atoms with Gasteiger partial charge in [0.1, 0.15) is 5.75 Å². The number of carboxylic acids is 1. The predicted molar refractivity (Wildman–Crippen MR) is 74.5 cm³/mol. The van der Waals surface area contributed by atoms with Crippen molar-refractivity contribution in [1.82, 2.24) is 4.57 Å². The molecule has 0 aliphatic rings. The number of ether oxygens (including phenoxy) is 1. The van der Waals surface area contributed by atoms with Crippen molar-refractivity contribution < 1.29 is 14.6 Å². The molecule has 19 heavy (non-hydrogen) atoms. The molecule has 102 valence electrons. The van der Waals surface area contributed by atoms with Crippen LogP contribution in [0, 0.1) is 5.41 Å². The summed E-state index contributed by atoms with van der Waals surface area (Å²) in [5.41, 5.74) is 0.394. The molecule has 0 atom stereocenters. The number of carboxylic acid groups (broad SMARTS) is 1. The molecule has 0 fully saturated rings. The van der Waals surface area contributed by atoms with E-state index >= 15 is 0 Å². The van der Waals surface area contributed by atoms with E-state index in [2.05, 4.69) is 4.57 Å². The van der Waals surface area contributed by atoms with Crippen LogP contribution < -0.4 is 4.74 Å². The third-order valence-corrected chi connectivity index (χ3v) is 3.53. The zero-order valence-electron chi connectivity index (χ0n) is 11.5. The standard InChI is InChI=1S/C15H19NO3/c1-15(2,14(17)18)7-9-16-8-6-11-10-12(19-3)4-5-13(11)16/h4-6,8,10H,7,9H2,1-3H3,(H,17,18). The zero-order chi connectivity index (χ0) is 14.0. The topological polar surface area (TPSA) is 51.5 Å². The highest BCUT2D eigenvalue weighted by atomic mass is 16.5. The van der Waals surface area contributed by atoms with Gasteiger partial charge in [-0.25, -0.2) is 0 Å². The van der Waals surface area contributed by atoms with Gasteiger partial charge in [-0.3, -0.25) is 4.79 Å². The first kappa shape index (κ1) is 13.5. The smallest absolute Gasteiger partial charge is 0.309 e. The van der Waals surface area contributed by atoms with Crippen LogP contribution in [0.5, 0.6) is 5.75 Å². The van der Waals surface area contributed by atoms with Crippen LogP contribution in [0.2, 0.25) is 0 Å². The van der Waals surface area contributed by atoms with Crippen molar-refractivity contribution in [2.24, 2.45) is 5.41 Å². The number of methoxy groups -OCH3 is 1. The lowest BCUT2D eigenvalue weighted by molar-refractivity contribution is -0.147. The van der Waals surface area contributed by atoms with E-state index in [1.807, 2.05) is 30.5 Å². The minimum Gasteiger partial charge on any atom is -0.497 e. The molecule has 0 saturated heterocycles. The largest absolute Gasteiger partial charge is 0.497 e. The van der Waals surface area contributed by atoms with E-state index in [1.165, 1.54) is 0 Å². The minimum atomic E-state index is -0.759. The van der Waals surface area contributed by atoms with Gasteiger partial charge in [0, 0.05) is 23.6 Å². The first-order chi connectivity index (χ1) is 8.94. The first-order valence-electron chi connectivity index (χ1n) is 6.30. The average molecular weight is 261 g/mol. The third-order valence-electron chi connectivity index (χ3n) is 3.53. The second kappa shape index (κ2) is 4.96. The van der Waals surface area contributed by atoms with Crippen LogP contribution in [-0.4, -0.2) is 22.8 Å². The number of aryl methyl sites for hydroxylation is 1. The molecule has 1 aromatic heterocycles. The summed E-state index contributed by atoms with van der Waals surface area (Å²) in [4.78, 5) is 11.1. The molecule has 0 amide bonds. The maximum absolute atomic E-state index is 11.1. The van der Waals surface area contributed by atoms with Gasteiger partial charge in [-0.1, -0.05) is 0 Å². The number of benzene rings is 1. The van der Waals surface area contributed by atoms with Crippen LogP contribution in [0.15, 0.2) is 30.5 Å². The molecule has 1 aromatic carbocycles. The van der Waals surface area contributed by atoms with Crippen molar-refractivity contribution in [2.45, 2.75) is 26.8 Å².